The lowest BCUT2D eigenvalue weighted by molar-refractivity contribution is 0.356. The van der Waals surface area contributed by atoms with E-state index in [-0.39, 0.29) is 0 Å². The molecule has 0 aliphatic heterocycles. The van der Waals surface area contributed by atoms with E-state index in [1.165, 1.54) is 5.56 Å². The van der Waals surface area contributed by atoms with Crippen molar-refractivity contribution in [3.05, 3.63) is 30.0 Å². The first-order chi connectivity index (χ1) is 7.80. The van der Waals surface area contributed by atoms with Crippen LogP contribution in [0.1, 0.15) is 12.5 Å². The molecule has 16 heavy (non-hydrogen) atoms. The fourth-order valence-corrected chi connectivity index (χ4v) is 1.84. The molecular formula is C13H15NO2. The van der Waals surface area contributed by atoms with Crippen LogP contribution in [0.3, 0.4) is 0 Å². The molecule has 0 radical (unpaired) electrons. The Morgan fingerprint density at radius 1 is 1.12 bits per heavy atom. The third-order valence-electron chi connectivity index (χ3n) is 2.72. The van der Waals surface area contributed by atoms with Gasteiger partial charge in [0.25, 0.3) is 0 Å². The number of aryl methyl sites for hydroxylation is 1. The lowest BCUT2D eigenvalue weighted by atomic mass is 10.1. The van der Waals surface area contributed by atoms with Gasteiger partial charge in [0.15, 0.2) is 11.5 Å². The SMILES string of the molecule is CCc1ccnc2cc(OC)c(OC)cc12. The number of hydrogen-bond acceptors (Lipinski definition) is 3. The number of aromatic nitrogens is 1. The van der Waals surface area contributed by atoms with Gasteiger partial charge in [0.05, 0.1) is 19.7 Å². The molecule has 0 bridgehead atoms. The summed E-state index contributed by atoms with van der Waals surface area (Å²) in [7, 11) is 3.28. The molecule has 0 spiro atoms. The van der Waals surface area contributed by atoms with Crippen LogP contribution in [0.25, 0.3) is 10.9 Å². The maximum Gasteiger partial charge on any atom is 0.162 e. The molecule has 0 aliphatic rings. The van der Waals surface area contributed by atoms with Gasteiger partial charge in [-0.15, -0.1) is 0 Å². The van der Waals surface area contributed by atoms with E-state index >= 15 is 0 Å². The van der Waals surface area contributed by atoms with Gasteiger partial charge < -0.3 is 9.47 Å². The number of benzene rings is 1. The molecule has 84 valence electrons. The van der Waals surface area contributed by atoms with Crippen molar-refractivity contribution in [1.29, 1.82) is 0 Å². The number of ether oxygens (including phenoxy) is 2. The smallest absolute Gasteiger partial charge is 0.162 e. The average molecular weight is 217 g/mol. The van der Waals surface area contributed by atoms with Crippen molar-refractivity contribution in [2.45, 2.75) is 13.3 Å². The predicted octanol–water partition coefficient (Wildman–Crippen LogP) is 2.81. The molecule has 2 rings (SSSR count). The number of fused-ring (bicyclic) bond motifs is 1. The zero-order valence-electron chi connectivity index (χ0n) is 9.78. The molecule has 1 aromatic heterocycles. The molecular weight excluding hydrogens is 202 g/mol. The number of nitrogens with zero attached hydrogens (tertiary/aromatic N) is 1. The summed E-state index contributed by atoms with van der Waals surface area (Å²) < 4.78 is 10.5. The minimum Gasteiger partial charge on any atom is -0.493 e. The molecule has 0 amide bonds. The molecule has 3 nitrogen and oxygen atoms in total. The van der Waals surface area contributed by atoms with Gasteiger partial charge in [-0.1, -0.05) is 6.92 Å². The van der Waals surface area contributed by atoms with Crippen LogP contribution in [-0.2, 0) is 6.42 Å². The summed E-state index contributed by atoms with van der Waals surface area (Å²) >= 11 is 0. The van der Waals surface area contributed by atoms with E-state index in [1.54, 1.807) is 14.2 Å². The van der Waals surface area contributed by atoms with Crippen molar-refractivity contribution in [3.8, 4) is 11.5 Å². The van der Waals surface area contributed by atoms with Crippen LogP contribution in [0.2, 0.25) is 0 Å². The molecule has 0 atom stereocenters. The zero-order chi connectivity index (χ0) is 11.5. The molecule has 0 unspecified atom stereocenters. The molecule has 0 aliphatic carbocycles. The molecule has 0 saturated heterocycles. The van der Waals surface area contributed by atoms with Gasteiger partial charge in [-0.25, -0.2) is 0 Å². The second kappa shape index (κ2) is 4.39. The summed E-state index contributed by atoms with van der Waals surface area (Å²) in [5.74, 6) is 1.47. The normalized spacial score (nSPS) is 10.4. The first-order valence-corrected chi connectivity index (χ1v) is 5.29. The summed E-state index contributed by atoms with van der Waals surface area (Å²) in [5.41, 5.74) is 2.21. The topological polar surface area (TPSA) is 31.4 Å². The van der Waals surface area contributed by atoms with E-state index < -0.39 is 0 Å². The standard InChI is InChI=1S/C13H15NO2/c1-4-9-5-6-14-11-8-13(16-3)12(15-2)7-10(9)11/h5-8H,4H2,1-3H3. The van der Waals surface area contributed by atoms with Crippen molar-refractivity contribution in [2.24, 2.45) is 0 Å². The van der Waals surface area contributed by atoms with E-state index in [9.17, 15) is 0 Å². The lowest BCUT2D eigenvalue weighted by Gasteiger charge is -2.10. The van der Waals surface area contributed by atoms with Crippen LogP contribution in [-0.4, -0.2) is 19.2 Å². The van der Waals surface area contributed by atoms with E-state index in [0.29, 0.717) is 0 Å². The molecule has 2 aromatic rings. The Morgan fingerprint density at radius 2 is 1.81 bits per heavy atom. The fourth-order valence-electron chi connectivity index (χ4n) is 1.84. The van der Waals surface area contributed by atoms with E-state index in [1.807, 2.05) is 24.4 Å². The quantitative estimate of drug-likeness (QED) is 0.792. The first-order valence-electron chi connectivity index (χ1n) is 5.29. The van der Waals surface area contributed by atoms with Crippen molar-refractivity contribution in [2.75, 3.05) is 14.2 Å². The zero-order valence-corrected chi connectivity index (χ0v) is 9.78. The second-order valence-electron chi connectivity index (χ2n) is 3.55. The largest absolute Gasteiger partial charge is 0.493 e. The monoisotopic (exact) mass is 217 g/mol. The Balaban J connectivity index is 2.72. The highest BCUT2D eigenvalue weighted by molar-refractivity contribution is 5.85. The minimum absolute atomic E-state index is 0.718. The number of methoxy groups -OCH3 is 2. The highest BCUT2D eigenvalue weighted by Gasteiger charge is 2.08. The van der Waals surface area contributed by atoms with E-state index in [2.05, 4.69) is 11.9 Å². The number of rotatable bonds is 3. The van der Waals surface area contributed by atoms with Gasteiger partial charge in [0.2, 0.25) is 0 Å². The molecule has 0 N–H and O–H groups in total. The van der Waals surface area contributed by atoms with Crippen LogP contribution in [0.5, 0.6) is 11.5 Å². The van der Waals surface area contributed by atoms with Gasteiger partial charge >= 0.3 is 0 Å². The Morgan fingerprint density at radius 3 is 2.44 bits per heavy atom. The minimum atomic E-state index is 0.718. The molecule has 1 heterocycles. The van der Waals surface area contributed by atoms with Crippen LogP contribution in [0.15, 0.2) is 24.4 Å². The van der Waals surface area contributed by atoms with E-state index in [0.717, 1.165) is 28.8 Å². The third kappa shape index (κ3) is 1.69. The average Bonchev–Trinajstić information content (AvgIpc) is 2.36. The molecule has 1 aromatic carbocycles. The van der Waals surface area contributed by atoms with Gasteiger partial charge in [0, 0.05) is 17.6 Å². The van der Waals surface area contributed by atoms with E-state index in [4.69, 9.17) is 9.47 Å². The van der Waals surface area contributed by atoms with Gasteiger partial charge in [-0.2, -0.15) is 0 Å². The van der Waals surface area contributed by atoms with Crippen LogP contribution in [0, 0.1) is 0 Å². The van der Waals surface area contributed by atoms with Crippen molar-refractivity contribution >= 4 is 10.9 Å². The highest BCUT2D eigenvalue weighted by Crippen LogP contribution is 2.32. The predicted molar refractivity (Wildman–Crippen MR) is 64.2 cm³/mol. The van der Waals surface area contributed by atoms with Crippen molar-refractivity contribution in [1.82, 2.24) is 4.98 Å². The van der Waals surface area contributed by atoms with Gasteiger partial charge in [-0.05, 0) is 24.1 Å². The maximum atomic E-state index is 5.29. The molecule has 0 saturated carbocycles. The van der Waals surface area contributed by atoms with Gasteiger partial charge in [0.1, 0.15) is 0 Å². The Bertz CT molecular complexity index is 509. The Labute approximate surface area is 95.0 Å². The highest BCUT2D eigenvalue weighted by atomic mass is 16.5. The summed E-state index contributed by atoms with van der Waals surface area (Å²) in [5, 5.41) is 1.13. The first kappa shape index (κ1) is 10.7. The maximum absolute atomic E-state index is 5.29. The summed E-state index contributed by atoms with van der Waals surface area (Å²) in [4.78, 5) is 4.34. The van der Waals surface area contributed by atoms with Gasteiger partial charge in [-0.3, -0.25) is 4.98 Å². The summed E-state index contributed by atoms with van der Waals surface area (Å²) in [6.45, 7) is 2.13. The fraction of sp³-hybridized carbons (Fsp3) is 0.308. The summed E-state index contributed by atoms with van der Waals surface area (Å²) in [6.07, 6.45) is 2.81. The van der Waals surface area contributed by atoms with Crippen LogP contribution >= 0.6 is 0 Å². The number of pyridine rings is 1. The van der Waals surface area contributed by atoms with Crippen LogP contribution < -0.4 is 9.47 Å². The summed E-state index contributed by atoms with van der Waals surface area (Å²) in [6, 6.07) is 5.93. The number of hydrogen-bond donors (Lipinski definition) is 0. The van der Waals surface area contributed by atoms with Crippen LogP contribution in [0.4, 0.5) is 0 Å². The second-order valence-corrected chi connectivity index (χ2v) is 3.55. The third-order valence-corrected chi connectivity index (χ3v) is 2.72. The molecule has 0 fully saturated rings. The van der Waals surface area contributed by atoms with Crippen molar-refractivity contribution in [3.63, 3.8) is 0 Å². The Hall–Kier alpha value is -1.77. The van der Waals surface area contributed by atoms with Crippen molar-refractivity contribution < 1.29 is 9.47 Å². The Kier molecular flexibility index (Phi) is 2.95. The lowest BCUT2D eigenvalue weighted by Crippen LogP contribution is -1.93. The molecule has 3 heteroatoms.